The Hall–Kier alpha value is -2.89. The third kappa shape index (κ3) is 54.1. The maximum absolute atomic E-state index is 12.9. The number of esters is 3. The molecule has 0 N–H and O–H groups in total. The molecule has 1 atom stereocenters. The molecule has 0 amide bonds. The van der Waals surface area contributed by atoms with Crippen LogP contribution in [0.2, 0.25) is 0 Å². The number of carbonyl (C=O) groups is 3. The van der Waals surface area contributed by atoms with Crippen LogP contribution in [0.1, 0.15) is 297 Å². The predicted molar refractivity (Wildman–Crippen MR) is 293 cm³/mol. The van der Waals surface area contributed by atoms with Gasteiger partial charge in [-0.3, -0.25) is 14.4 Å². The van der Waals surface area contributed by atoms with Gasteiger partial charge in [0.25, 0.3) is 0 Å². The van der Waals surface area contributed by atoms with Crippen LogP contribution in [0, 0.1) is 0 Å². The molecule has 0 aliphatic carbocycles. The summed E-state index contributed by atoms with van der Waals surface area (Å²) in [5, 5.41) is 0. The van der Waals surface area contributed by atoms with Gasteiger partial charge in [-0.1, -0.05) is 255 Å². The lowest BCUT2D eigenvalue weighted by atomic mass is 10.0. The zero-order valence-corrected chi connectivity index (χ0v) is 45.1. The van der Waals surface area contributed by atoms with Gasteiger partial charge in [0.15, 0.2) is 6.10 Å². The summed E-state index contributed by atoms with van der Waals surface area (Å²) in [6, 6.07) is 0. The minimum atomic E-state index is -0.797. The first kappa shape index (κ1) is 65.1. The van der Waals surface area contributed by atoms with Crippen LogP contribution in [-0.2, 0) is 28.6 Å². The van der Waals surface area contributed by atoms with E-state index in [0.717, 1.165) is 64.2 Å². The monoisotopic (exact) mass is 951 g/mol. The van der Waals surface area contributed by atoms with E-state index in [0.29, 0.717) is 19.3 Å². The van der Waals surface area contributed by atoms with E-state index in [9.17, 15) is 14.4 Å². The average molecular weight is 952 g/mol. The van der Waals surface area contributed by atoms with E-state index >= 15 is 0 Å². The van der Waals surface area contributed by atoms with Crippen LogP contribution in [0.25, 0.3) is 0 Å². The fourth-order valence-corrected chi connectivity index (χ4v) is 8.31. The molecular weight excluding hydrogens is 841 g/mol. The Morgan fingerprint density at radius 3 is 0.926 bits per heavy atom. The standard InChI is InChI=1S/C62H110O6/c1-4-7-10-13-16-19-22-25-28-31-34-37-40-43-46-49-52-55-61(64)67-58-59(57-66-60(63)54-51-48-45-42-39-36-33-30-27-24-21-18-15-12-9-6-3)68-62(65)56-53-50-47-44-41-38-35-32-29-26-23-20-17-14-11-8-5-2/h16,19,25-26,28-29,34,37,43,46,59H,4-15,17-18,20-24,27,30-33,35-36,38-42,44-45,47-58H2,1-3H3/b19-16-,28-25-,29-26-,37-34-,46-43-. The van der Waals surface area contributed by atoms with Crippen molar-refractivity contribution in [2.24, 2.45) is 0 Å². The largest absolute Gasteiger partial charge is 0.462 e. The molecular formula is C62H110O6. The first-order valence-corrected chi connectivity index (χ1v) is 29.3. The minimum Gasteiger partial charge on any atom is -0.462 e. The summed E-state index contributed by atoms with van der Waals surface area (Å²) in [5.41, 5.74) is 0. The summed E-state index contributed by atoms with van der Waals surface area (Å²) in [6.07, 6.45) is 70.7. The molecule has 0 aromatic heterocycles. The summed E-state index contributed by atoms with van der Waals surface area (Å²) in [4.78, 5) is 38.2. The maximum Gasteiger partial charge on any atom is 0.306 e. The van der Waals surface area contributed by atoms with Gasteiger partial charge in [0.05, 0.1) is 0 Å². The second-order valence-electron chi connectivity index (χ2n) is 19.6. The van der Waals surface area contributed by atoms with Gasteiger partial charge in [0, 0.05) is 19.3 Å². The summed E-state index contributed by atoms with van der Waals surface area (Å²) in [6.45, 7) is 6.59. The smallest absolute Gasteiger partial charge is 0.306 e. The molecule has 6 heteroatoms. The zero-order chi connectivity index (χ0) is 49.3. The Morgan fingerprint density at radius 2 is 0.544 bits per heavy atom. The Balaban J connectivity index is 4.44. The number of hydrogen-bond donors (Lipinski definition) is 0. The average Bonchev–Trinajstić information content (AvgIpc) is 3.34. The van der Waals surface area contributed by atoms with E-state index in [4.69, 9.17) is 14.2 Å². The molecule has 394 valence electrons. The highest BCUT2D eigenvalue weighted by atomic mass is 16.6. The molecule has 0 rings (SSSR count). The van der Waals surface area contributed by atoms with Crippen LogP contribution in [0.5, 0.6) is 0 Å². The topological polar surface area (TPSA) is 78.9 Å². The van der Waals surface area contributed by atoms with Gasteiger partial charge in [-0.05, 0) is 83.5 Å². The van der Waals surface area contributed by atoms with E-state index in [1.807, 2.05) is 0 Å². The lowest BCUT2D eigenvalue weighted by molar-refractivity contribution is -0.167. The van der Waals surface area contributed by atoms with Gasteiger partial charge in [0.1, 0.15) is 13.2 Å². The summed E-state index contributed by atoms with van der Waals surface area (Å²) < 4.78 is 16.8. The number of unbranched alkanes of at least 4 members (excludes halogenated alkanes) is 32. The molecule has 68 heavy (non-hydrogen) atoms. The molecule has 1 unspecified atom stereocenters. The Morgan fingerprint density at radius 1 is 0.294 bits per heavy atom. The van der Waals surface area contributed by atoms with Crippen molar-refractivity contribution in [2.45, 2.75) is 303 Å². The highest BCUT2D eigenvalue weighted by Gasteiger charge is 2.19. The number of allylic oxidation sites excluding steroid dienone is 10. The third-order valence-corrected chi connectivity index (χ3v) is 12.7. The molecule has 0 saturated carbocycles. The van der Waals surface area contributed by atoms with Gasteiger partial charge < -0.3 is 14.2 Å². The van der Waals surface area contributed by atoms with Crippen molar-refractivity contribution in [3.8, 4) is 0 Å². The van der Waals surface area contributed by atoms with Crippen LogP contribution in [0.4, 0.5) is 0 Å². The summed E-state index contributed by atoms with van der Waals surface area (Å²) in [7, 11) is 0. The van der Waals surface area contributed by atoms with E-state index in [1.165, 1.54) is 186 Å². The number of ether oxygens (including phenoxy) is 3. The fourth-order valence-electron chi connectivity index (χ4n) is 8.31. The Labute approximate surface area is 421 Å². The van der Waals surface area contributed by atoms with Crippen molar-refractivity contribution < 1.29 is 28.6 Å². The van der Waals surface area contributed by atoms with E-state index in [1.54, 1.807) is 0 Å². The Kier molecular flexibility index (Phi) is 54.3. The summed E-state index contributed by atoms with van der Waals surface area (Å²) >= 11 is 0. The van der Waals surface area contributed by atoms with Gasteiger partial charge in [-0.25, -0.2) is 0 Å². The van der Waals surface area contributed by atoms with Crippen molar-refractivity contribution in [1.82, 2.24) is 0 Å². The molecule has 0 aliphatic rings. The van der Waals surface area contributed by atoms with Crippen molar-refractivity contribution in [1.29, 1.82) is 0 Å². The van der Waals surface area contributed by atoms with Crippen molar-refractivity contribution in [3.05, 3.63) is 60.8 Å². The van der Waals surface area contributed by atoms with E-state index in [-0.39, 0.29) is 37.5 Å². The molecule has 0 radical (unpaired) electrons. The lowest BCUT2D eigenvalue weighted by Crippen LogP contribution is -2.30. The number of rotatable bonds is 53. The van der Waals surface area contributed by atoms with Gasteiger partial charge >= 0.3 is 17.9 Å². The fraction of sp³-hybridized carbons (Fsp3) is 0.790. The van der Waals surface area contributed by atoms with Crippen LogP contribution in [0.3, 0.4) is 0 Å². The Bertz CT molecular complexity index is 1230. The molecule has 0 bridgehead atoms. The van der Waals surface area contributed by atoms with Crippen LogP contribution >= 0.6 is 0 Å². The lowest BCUT2D eigenvalue weighted by Gasteiger charge is -2.18. The normalized spacial score (nSPS) is 12.5. The number of carbonyl (C=O) groups excluding carboxylic acids is 3. The van der Waals surface area contributed by atoms with E-state index < -0.39 is 6.10 Å². The number of hydrogen-bond acceptors (Lipinski definition) is 6. The second kappa shape index (κ2) is 56.7. The SMILES string of the molecule is CCCCC/C=C\C/C=C\C/C=C\C/C=C\CCCC(=O)OCC(COC(=O)CCCCCCCCCCCCCCCCCC)OC(=O)CCCCCCCCC/C=C\CCCCCCCC. The quantitative estimate of drug-likeness (QED) is 0.0262. The summed E-state index contributed by atoms with van der Waals surface area (Å²) in [5.74, 6) is -0.940. The molecule has 0 heterocycles. The van der Waals surface area contributed by atoms with Crippen molar-refractivity contribution in [2.75, 3.05) is 13.2 Å². The highest BCUT2D eigenvalue weighted by Crippen LogP contribution is 2.16. The predicted octanol–water partition coefficient (Wildman–Crippen LogP) is 19.6. The second-order valence-corrected chi connectivity index (χ2v) is 19.6. The molecule has 0 spiro atoms. The third-order valence-electron chi connectivity index (χ3n) is 12.7. The minimum absolute atomic E-state index is 0.0901. The van der Waals surface area contributed by atoms with Gasteiger partial charge in [-0.2, -0.15) is 0 Å². The van der Waals surface area contributed by atoms with E-state index in [2.05, 4.69) is 81.5 Å². The first-order chi connectivity index (χ1) is 33.5. The van der Waals surface area contributed by atoms with Crippen LogP contribution in [0.15, 0.2) is 60.8 Å². The highest BCUT2D eigenvalue weighted by molar-refractivity contribution is 5.71. The van der Waals surface area contributed by atoms with Gasteiger partial charge in [-0.15, -0.1) is 0 Å². The molecule has 0 fully saturated rings. The zero-order valence-electron chi connectivity index (χ0n) is 45.1. The molecule has 0 saturated heterocycles. The molecule has 0 aromatic rings. The molecule has 0 aliphatic heterocycles. The van der Waals surface area contributed by atoms with Gasteiger partial charge in [0.2, 0.25) is 0 Å². The van der Waals surface area contributed by atoms with Crippen molar-refractivity contribution >= 4 is 17.9 Å². The van der Waals surface area contributed by atoms with Crippen molar-refractivity contribution in [3.63, 3.8) is 0 Å². The first-order valence-electron chi connectivity index (χ1n) is 29.3. The van der Waals surface area contributed by atoms with Crippen LogP contribution < -0.4 is 0 Å². The maximum atomic E-state index is 12.9. The van der Waals surface area contributed by atoms with Crippen LogP contribution in [-0.4, -0.2) is 37.2 Å². The molecule has 0 aromatic carbocycles. The molecule has 6 nitrogen and oxygen atoms in total.